The molecule has 0 radical (unpaired) electrons. The summed E-state index contributed by atoms with van der Waals surface area (Å²) < 4.78 is 0. The van der Waals surface area contributed by atoms with Gasteiger partial charge in [0.2, 0.25) is 5.91 Å². The number of carbonyl (C=O) groups excluding carboxylic acids is 1. The molecule has 0 saturated carbocycles. The zero-order valence-electron chi connectivity index (χ0n) is 6.44. The molecule has 0 aromatic carbocycles. The van der Waals surface area contributed by atoms with Crippen LogP contribution in [0.1, 0.15) is 13.3 Å². The summed E-state index contributed by atoms with van der Waals surface area (Å²) in [4.78, 5) is 15.3. The predicted molar refractivity (Wildman–Crippen MR) is 38.3 cm³/mol. The highest BCUT2D eigenvalue weighted by molar-refractivity contribution is 5.77. The van der Waals surface area contributed by atoms with Gasteiger partial charge in [-0.05, 0) is 6.42 Å². The summed E-state index contributed by atoms with van der Waals surface area (Å²) in [5.74, 6) is -0.0869. The van der Waals surface area contributed by atoms with Crippen LogP contribution in [0.3, 0.4) is 0 Å². The number of amides is 1. The molecule has 0 saturated heterocycles. The molecule has 0 fully saturated rings. The maximum atomic E-state index is 10.7. The van der Waals surface area contributed by atoms with E-state index in [1.807, 2.05) is 6.92 Å². The predicted octanol–water partition coefficient (Wildman–Crippen LogP) is -0.336. The minimum absolute atomic E-state index is 0.0799. The summed E-state index contributed by atoms with van der Waals surface area (Å²) in [5.41, 5.74) is 2.41. The van der Waals surface area contributed by atoms with Crippen molar-refractivity contribution in [2.75, 3.05) is 20.2 Å². The van der Waals surface area contributed by atoms with Gasteiger partial charge in [-0.1, -0.05) is 6.92 Å². The third kappa shape index (κ3) is 5.53. The Morgan fingerprint density at radius 3 is 2.80 bits per heavy atom. The molecule has 0 heterocycles. The minimum atomic E-state index is -0.0869. The molecule has 0 bridgehead atoms. The summed E-state index contributed by atoms with van der Waals surface area (Å²) in [6, 6.07) is 0. The second kappa shape index (κ2) is 6.51. The van der Waals surface area contributed by atoms with E-state index in [1.54, 1.807) is 7.05 Å². The van der Waals surface area contributed by atoms with Gasteiger partial charge >= 0.3 is 0 Å². The maximum Gasteiger partial charge on any atom is 0.248 e. The molecule has 0 aliphatic heterocycles. The van der Waals surface area contributed by atoms with Gasteiger partial charge in [0, 0.05) is 13.6 Å². The lowest BCUT2D eigenvalue weighted by atomic mass is 10.5. The fraction of sp³-hybridized carbons (Fsp3) is 0.833. The number of hydrogen-bond acceptors (Lipinski definition) is 3. The van der Waals surface area contributed by atoms with E-state index in [1.165, 1.54) is 0 Å². The SMILES string of the molecule is CCCNC(=O)CONC. The molecule has 0 aliphatic rings. The van der Waals surface area contributed by atoms with Crippen molar-refractivity contribution in [3.8, 4) is 0 Å². The first-order valence-electron chi connectivity index (χ1n) is 3.36. The van der Waals surface area contributed by atoms with E-state index in [0.717, 1.165) is 6.42 Å². The molecule has 0 aromatic heterocycles. The van der Waals surface area contributed by atoms with Crippen molar-refractivity contribution in [2.24, 2.45) is 0 Å². The highest BCUT2D eigenvalue weighted by Gasteiger charge is 1.96. The van der Waals surface area contributed by atoms with Crippen LogP contribution in [0.2, 0.25) is 0 Å². The van der Waals surface area contributed by atoms with Gasteiger partial charge in [-0.25, -0.2) is 5.48 Å². The first-order valence-corrected chi connectivity index (χ1v) is 3.36. The quantitative estimate of drug-likeness (QED) is 0.522. The fourth-order valence-electron chi connectivity index (χ4n) is 0.453. The van der Waals surface area contributed by atoms with Crippen molar-refractivity contribution in [1.82, 2.24) is 10.8 Å². The first kappa shape index (κ1) is 9.39. The van der Waals surface area contributed by atoms with Crippen molar-refractivity contribution in [3.63, 3.8) is 0 Å². The fourth-order valence-corrected chi connectivity index (χ4v) is 0.453. The van der Waals surface area contributed by atoms with Crippen LogP contribution >= 0.6 is 0 Å². The number of carbonyl (C=O) groups is 1. The van der Waals surface area contributed by atoms with Crippen LogP contribution in [0.25, 0.3) is 0 Å². The molecule has 10 heavy (non-hydrogen) atoms. The molecular weight excluding hydrogens is 132 g/mol. The van der Waals surface area contributed by atoms with E-state index in [4.69, 9.17) is 0 Å². The smallest absolute Gasteiger partial charge is 0.248 e. The third-order valence-corrected chi connectivity index (χ3v) is 0.920. The monoisotopic (exact) mass is 146 g/mol. The largest absolute Gasteiger partial charge is 0.354 e. The van der Waals surface area contributed by atoms with E-state index in [2.05, 4.69) is 15.6 Å². The molecule has 2 N–H and O–H groups in total. The Morgan fingerprint density at radius 2 is 2.30 bits per heavy atom. The Morgan fingerprint density at radius 1 is 1.60 bits per heavy atom. The third-order valence-electron chi connectivity index (χ3n) is 0.920. The number of hydrogen-bond donors (Lipinski definition) is 2. The Balaban J connectivity index is 3.09. The van der Waals surface area contributed by atoms with Crippen molar-refractivity contribution >= 4 is 5.91 Å². The van der Waals surface area contributed by atoms with E-state index < -0.39 is 0 Å². The van der Waals surface area contributed by atoms with Gasteiger partial charge in [-0.3, -0.25) is 9.63 Å². The van der Waals surface area contributed by atoms with Crippen LogP contribution in [0.5, 0.6) is 0 Å². The summed E-state index contributed by atoms with van der Waals surface area (Å²) >= 11 is 0. The number of hydroxylamine groups is 1. The van der Waals surface area contributed by atoms with Gasteiger partial charge in [-0.15, -0.1) is 0 Å². The van der Waals surface area contributed by atoms with Crippen LogP contribution < -0.4 is 10.8 Å². The average molecular weight is 146 g/mol. The van der Waals surface area contributed by atoms with Gasteiger partial charge in [-0.2, -0.15) is 0 Å². The molecular formula is C6H14N2O2. The lowest BCUT2D eigenvalue weighted by molar-refractivity contribution is -0.127. The van der Waals surface area contributed by atoms with Crippen molar-refractivity contribution in [1.29, 1.82) is 0 Å². The number of rotatable bonds is 5. The van der Waals surface area contributed by atoms with E-state index in [0.29, 0.717) is 6.54 Å². The highest BCUT2D eigenvalue weighted by Crippen LogP contribution is 1.71. The molecule has 0 unspecified atom stereocenters. The normalized spacial score (nSPS) is 9.40. The molecule has 0 spiro atoms. The minimum Gasteiger partial charge on any atom is -0.354 e. The Hall–Kier alpha value is -0.610. The second-order valence-corrected chi connectivity index (χ2v) is 1.84. The Kier molecular flexibility index (Phi) is 6.11. The molecule has 0 rings (SSSR count). The van der Waals surface area contributed by atoms with Crippen LogP contribution in [0.4, 0.5) is 0 Å². The van der Waals surface area contributed by atoms with Gasteiger partial charge in [0.25, 0.3) is 0 Å². The van der Waals surface area contributed by atoms with E-state index in [9.17, 15) is 4.79 Å². The highest BCUT2D eigenvalue weighted by atomic mass is 16.6. The molecule has 0 aromatic rings. The summed E-state index contributed by atoms with van der Waals surface area (Å²) in [5, 5.41) is 2.66. The van der Waals surface area contributed by atoms with Crippen LogP contribution in [0.15, 0.2) is 0 Å². The molecule has 0 atom stereocenters. The topological polar surface area (TPSA) is 50.4 Å². The maximum absolute atomic E-state index is 10.7. The standard InChI is InChI=1S/C6H14N2O2/c1-3-4-8-6(9)5-10-7-2/h7H,3-5H2,1-2H3,(H,8,9). The molecule has 1 amide bonds. The molecule has 4 nitrogen and oxygen atoms in total. The zero-order chi connectivity index (χ0) is 7.82. The lowest BCUT2D eigenvalue weighted by Gasteiger charge is -2.01. The lowest BCUT2D eigenvalue weighted by Crippen LogP contribution is -2.30. The van der Waals surface area contributed by atoms with Crippen molar-refractivity contribution in [2.45, 2.75) is 13.3 Å². The zero-order valence-corrected chi connectivity index (χ0v) is 6.44. The first-order chi connectivity index (χ1) is 4.81. The molecule has 4 heteroatoms. The number of nitrogens with one attached hydrogen (secondary N) is 2. The van der Waals surface area contributed by atoms with Gasteiger partial charge < -0.3 is 5.32 Å². The van der Waals surface area contributed by atoms with Crippen molar-refractivity contribution in [3.05, 3.63) is 0 Å². The molecule has 60 valence electrons. The Labute approximate surface area is 60.9 Å². The van der Waals surface area contributed by atoms with Crippen LogP contribution in [-0.4, -0.2) is 26.1 Å². The van der Waals surface area contributed by atoms with Crippen molar-refractivity contribution < 1.29 is 9.63 Å². The van der Waals surface area contributed by atoms with Gasteiger partial charge in [0.15, 0.2) is 0 Å². The van der Waals surface area contributed by atoms with Gasteiger partial charge in [0.1, 0.15) is 6.61 Å². The second-order valence-electron chi connectivity index (χ2n) is 1.84. The Bertz CT molecular complexity index is 85.7. The summed E-state index contributed by atoms with van der Waals surface area (Å²) in [7, 11) is 1.62. The van der Waals surface area contributed by atoms with Crippen LogP contribution in [-0.2, 0) is 9.63 Å². The summed E-state index contributed by atoms with van der Waals surface area (Å²) in [6.45, 7) is 2.79. The molecule has 0 aliphatic carbocycles. The van der Waals surface area contributed by atoms with Gasteiger partial charge in [0.05, 0.1) is 0 Å². The summed E-state index contributed by atoms with van der Waals surface area (Å²) in [6.07, 6.45) is 0.950. The van der Waals surface area contributed by atoms with E-state index in [-0.39, 0.29) is 12.5 Å². The average Bonchev–Trinajstić information content (AvgIpc) is 1.97. The van der Waals surface area contributed by atoms with Crippen LogP contribution in [0, 0.1) is 0 Å². The van der Waals surface area contributed by atoms with E-state index >= 15 is 0 Å².